The number of aromatic hydroxyl groups is 1. The van der Waals surface area contributed by atoms with Gasteiger partial charge >= 0.3 is 0 Å². The van der Waals surface area contributed by atoms with Crippen LogP contribution in [-0.2, 0) is 4.79 Å². The van der Waals surface area contributed by atoms with Crippen molar-refractivity contribution in [3.63, 3.8) is 0 Å². The molecule has 20 heavy (non-hydrogen) atoms. The molecule has 1 amide bonds. The van der Waals surface area contributed by atoms with E-state index in [1.807, 2.05) is 6.92 Å². The van der Waals surface area contributed by atoms with Crippen LogP contribution in [-0.4, -0.2) is 34.8 Å². The summed E-state index contributed by atoms with van der Waals surface area (Å²) in [4.78, 5) is 11.5. The first-order chi connectivity index (χ1) is 9.63. The van der Waals surface area contributed by atoms with E-state index < -0.39 is 0 Å². The number of carbonyl (C=O) groups is 1. The fourth-order valence-corrected chi connectivity index (χ4v) is 2.48. The second-order valence-electron chi connectivity index (χ2n) is 4.08. The van der Waals surface area contributed by atoms with Gasteiger partial charge in [0, 0.05) is 5.56 Å². The summed E-state index contributed by atoms with van der Waals surface area (Å²) in [5, 5.41) is 20.5. The monoisotopic (exact) mass is 293 g/mol. The summed E-state index contributed by atoms with van der Waals surface area (Å²) in [5.41, 5.74) is 0.495. The van der Waals surface area contributed by atoms with Crippen LogP contribution >= 0.6 is 11.8 Å². The first-order valence-electron chi connectivity index (χ1n) is 6.09. The number of hydrogen-bond donors (Lipinski definition) is 2. The molecule has 2 rings (SSSR count). The Labute approximate surface area is 120 Å². The van der Waals surface area contributed by atoms with Gasteiger partial charge < -0.3 is 15.2 Å². The van der Waals surface area contributed by atoms with Gasteiger partial charge in [-0.1, -0.05) is 18.7 Å². The maximum Gasteiger partial charge on any atom is 0.239 e. The van der Waals surface area contributed by atoms with E-state index in [0.717, 1.165) is 6.42 Å². The van der Waals surface area contributed by atoms with Gasteiger partial charge in [-0.05, 0) is 24.6 Å². The minimum atomic E-state index is -0.103. The minimum absolute atomic E-state index is 0.0457. The molecule has 6 nitrogen and oxygen atoms in total. The Morgan fingerprint density at radius 1 is 1.55 bits per heavy atom. The Morgan fingerprint density at radius 2 is 2.35 bits per heavy atom. The third-order valence-corrected chi connectivity index (χ3v) is 3.97. The van der Waals surface area contributed by atoms with Crippen molar-refractivity contribution in [1.82, 2.24) is 5.32 Å². The van der Waals surface area contributed by atoms with Crippen LogP contribution in [0.4, 0.5) is 0 Å². The molecule has 0 spiro atoms. The number of amides is 1. The predicted octanol–water partition coefficient (Wildman–Crippen LogP) is 1.73. The van der Waals surface area contributed by atoms with Crippen molar-refractivity contribution in [2.75, 3.05) is 7.11 Å². The first kappa shape index (κ1) is 14.4. The number of phenols is 1. The number of methoxy groups -OCH3 is 1. The molecule has 1 aliphatic rings. The predicted molar refractivity (Wildman–Crippen MR) is 79.5 cm³/mol. The third-order valence-electron chi connectivity index (χ3n) is 2.73. The van der Waals surface area contributed by atoms with Crippen molar-refractivity contribution < 1.29 is 14.6 Å². The van der Waals surface area contributed by atoms with Crippen LogP contribution in [0.5, 0.6) is 11.5 Å². The van der Waals surface area contributed by atoms with Gasteiger partial charge in [-0.15, -0.1) is 5.10 Å². The van der Waals surface area contributed by atoms with Crippen molar-refractivity contribution in [2.45, 2.75) is 18.6 Å². The van der Waals surface area contributed by atoms with Crippen molar-refractivity contribution in [2.24, 2.45) is 10.2 Å². The second-order valence-corrected chi connectivity index (χ2v) is 5.27. The summed E-state index contributed by atoms with van der Waals surface area (Å²) in [6.45, 7) is 1.94. The Morgan fingerprint density at radius 3 is 3.00 bits per heavy atom. The van der Waals surface area contributed by atoms with Gasteiger partial charge in [0.25, 0.3) is 0 Å². The van der Waals surface area contributed by atoms with Crippen molar-refractivity contribution in [1.29, 1.82) is 0 Å². The molecule has 1 heterocycles. The van der Waals surface area contributed by atoms with E-state index in [2.05, 4.69) is 15.5 Å². The van der Waals surface area contributed by atoms with E-state index in [-0.39, 0.29) is 16.9 Å². The highest BCUT2D eigenvalue weighted by molar-refractivity contribution is 8.15. The van der Waals surface area contributed by atoms with E-state index in [1.54, 1.807) is 19.2 Å². The van der Waals surface area contributed by atoms with Gasteiger partial charge in [-0.3, -0.25) is 4.79 Å². The zero-order valence-electron chi connectivity index (χ0n) is 11.2. The molecule has 2 N–H and O–H groups in total. The van der Waals surface area contributed by atoms with Crippen LogP contribution < -0.4 is 10.1 Å². The smallest absolute Gasteiger partial charge is 0.239 e. The lowest BCUT2D eigenvalue weighted by Gasteiger charge is -2.02. The van der Waals surface area contributed by atoms with Gasteiger partial charge in [0.2, 0.25) is 5.91 Å². The average Bonchev–Trinajstić information content (AvgIpc) is 2.81. The summed E-state index contributed by atoms with van der Waals surface area (Å²) in [7, 11) is 1.54. The van der Waals surface area contributed by atoms with E-state index in [0.29, 0.717) is 16.5 Å². The molecule has 1 aromatic rings. The summed E-state index contributed by atoms with van der Waals surface area (Å²) >= 11 is 1.35. The zero-order chi connectivity index (χ0) is 14.5. The van der Waals surface area contributed by atoms with Gasteiger partial charge in [0.15, 0.2) is 5.17 Å². The summed E-state index contributed by atoms with van der Waals surface area (Å²) in [6.07, 6.45) is 2.16. The quantitative estimate of drug-likeness (QED) is 0.654. The summed E-state index contributed by atoms with van der Waals surface area (Å²) in [6, 6.07) is 4.82. The molecule has 0 aliphatic carbocycles. The normalized spacial score (nSPS) is 20.6. The van der Waals surface area contributed by atoms with Crippen LogP contribution in [0.2, 0.25) is 0 Å². The highest BCUT2D eigenvalue weighted by Crippen LogP contribution is 2.23. The molecule has 0 unspecified atom stereocenters. The maximum absolute atomic E-state index is 11.5. The fraction of sp³-hybridized carbons (Fsp3) is 0.308. The Kier molecular flexibility index (Phi) is 4.62. The number of thioether (sulfide) groups is 1. The van der Waals surface area contributed by atoms with E-state index in [1.165, 1.54) is 24.0 Å². The number of nitrogens with zero attached hydrogens (tertiary/aromatic N) is 2. The topological polar surface area (TPSA) is 83.3 Å². The third kappa shape index (κ3) is 3.30. The number of carbonyl (C=O) groups excluding carboxylic acids is 1. The number of phenolic OH excluding ortho intramolecular Hbond substituents is 1. The zero-order valence-corrected chi connectivity index (χ0v) is 12.0. The van der Waals surface area contributed by atoms with E-state index in [9.17, 15) is 9.90 Å². The molecular formula is C13H15N3O3S. The number of benzene rings is 1. The first-order valence-corrected chi connectivity index (χ1v) is 6.97. The Bertz CT molecular complexity index is 572. The number of amidine groups is 1. The highest BCUT2D eigenvalue weighted by atomic mass is 32.2. The molecule has 0 radical (unpaired) electrons. The molecule has 0 saturated carbocycles. The molecule has 1 aromatic carbocycles. The molecule has 0 bridgehead atoms. The molecule has 1 fully saturated rings. The van der Waals surface area contributed by atoms with Gasteiger partial charge in [-0.25, -0.2) is 0 Å². The molecule has 1 saturated heterocycles. The lowest BCUT2D eigenvalue weighted by Crippen LogP contribution is -2.24. The van der Waals surface area contributed by atoms with Gasteiger partial charge in [-0.2, -0.15) is 5.10 Å². The molecule has 106 valence electrons. The standard InChI is InChI=1S/C13H15N3O3S/c1-3-11-12(18)15-13(20-11)16-14-7-8-6-9(19-2)4-5-10(8)17/h4-7,11,17H,3H2,1-2H3,(H,15,16,18)/b14-7-/t11-/m1/s1. The van der Waals surface area contributed by atoms with Crippen LogP contribution in [0.1, 0.15) is 18.9 Å². The Hall–Kier alpha value is -2.02. The number of hydrogen-bond acceptors (Lipinski definition) is 6. The number of ether oxygens (including phenoxy) is 1. The second kappa shape index (κ2) is 6.42. The van der Waals surface area contributed by atoms with Gasteiger partial charge in [0.1, 0.15) is 11.5 Å². The molecule has 7 heteroatoms. The minimum Gasteiger partial charge on any atom is -0.507 e. The number of nitrogens with one attached hydrogen (secondary N) is 1. The van der Waals surface area contributed by atoms with Crippen LogP contribution in [0, 0.1) is 0 Å². The Balaban J connectivity index is 2.09. The van der Waals surface area contributed by atoms with Crippen LogP contribution in [0.15, 0.2) is 28.4 Å². The molecular weight excluding hydrogens is 278 g/mol. The number of rotatable bonds is 4. The van der Waals surface area contributed by atoms with Crippen molar-refractivity contribution in [3.8, 4) is 11.5 Å². The molecule has 1 aliphatic heterocycles. The van der Waals surface area contributed by atoms with Gasteiger partial charge in [0.05, 0.1) is 18.6 Å². The fourth-order valence-electron chi connectivity index (χ4n) is 1.63. The van der Waals surface area contributed by atoms with Crippen LogP contribution in [0.3, 0.4) is 0 Å². The SMILES string of the molecule is CC[C@H]1SC(=N/N=C\c2cc(OC)ccc2O)NC1=O. The molecule has 1 atom stereocenters. The largest absolute Gasteiger partial charge is 0.507 e. The van der Waals surface area contributed by atoms with Crippen molar-refractivity contribution in [3.05, 3.63) is 23.8 Å². The summed E-state index contributed by atoms with van der Waals surface area (Å²) < 4.78 is 5.06. The van der Waals surface area contributed by atoms with E-state index >= 15 is 0 Å². The lowest BCUT2D eigenvalue weighted by molar-refractivity contribution is -0.118. The van der Waals surface area contributed by atoms with E-state index in [4.69, 9.17) is 4.74 Å². The maximum atomic E-state index is 11.5. The molecule has 0 aromatic heterocycles. The average molecular weight is 293 g/mol. The van der Waals surface area contributed by atoms with Crippen molar-refractivity contribution >= 4 is 29.1 Å². The lowest BCUT2D eigenvalue weighted by atomic mass is 10.2. The highest BCUT2D eigenvalue weighted by Gasteiger charge is 2.28. The van der Waals surface area contributed by atoms with Crippen LogP contribution in [0.25, 0.3) is 0 Å². The summed E-state index contributed by atoms with van der Waals surface area (Å²) in [5.74, 6) is 0.659.